The van der Waals surface area contributed by atoms with E-state index in [9.17, 15) is 13.2 Å². The lowest BCUT2D eigenvalue weighted by atomic mass is 10.2. The second-order valence-corrected chi connectivity index (χ2v) is 7.75. The number of ether oxygens (including phenoxy) is 1. The molecule has 25 heavy (non-hydrogen) atoms. The van der Waals surface area contributed by atoms with Crippen molar-refractivity contribution in [3.05, 3.63) is 53.6 Å². The van der Waals surface area contributed by atoms with Gasteiger partial charge in [0.05, 0.1) is 18.6 Å². The van der Waals surface area contributed by atoms with E-state index in [0.29, 0.717) is 12.2 Å². The number of hydrogen-bond acceptors (Lipinski definition) is 5. The van der Waals surface area contributed by atoms with Crippen LogP contribution in [0.1, 0.15) is 11.1 Å². The van der Waals surface area contributed by atoms with Gasteiger partial charge in [0.15, 0.2) is 9.84 Å². The van der Waals surface area contributed by atoms with Gasteiger partial charge in [0.2, 0.25) is 5.91 Å². The number of carbonyl (C=O) groups is 1. The molecule has 6 nitrogen and oxygen atoms in total. The number of amides is 1. The molecule has 0 saturated heterocycles. The highest BCUT2D eigenvalue weighted by Crippen LogP contribution is 2.20. The largest absolute Gasteiger partial charge is 0.497 e. The topological polar surface area (TPSA) is 84.5 Å². The molecule has 0 spiro atoms. The van der Waals surface area contributed by atoms with Crippen LogP contribution in [0.2, 0.25) is 0 Å². The average Bonchev–Trinajstić information content (AvgIpc) is 2.58. The van der Waals surface area contributed by atoms with Crippen LogP contribution in [-0.4, -0.2) is 34.2 Å². The number of methoxy groups -OCH3 is 1. The van der Waals surface area contributed by atoms with Crippen molar-refractivity contribution in [2.75, 3.05) is 25.2 Å². The molecule has 0 aromatic heterocycles. The van der Waals surface area contributed by atoms with Gasteiger partial charge in [0.25, 0.3) is 0 Å². The highest BCUT2D eigenvalue weighted by Gasteiger charge is 2.10. The molecule has 0 aliphatic heterocycles. The van der Waals surface area contributed by atoms with Crippen molar-refractivity contribution in [1.29, 1.82) is 0 Å². The van der Waals surface area contributed by atoms with Crippen molar-refractivity contribution in [2.45, 2.75) is 18.4 Å². The molecule has 134 valence electrons. The van der Waals surface area contributed by atoms with Crippen LogP contribution >= 0.6 is 0 Å². The Morgan fingerprint density at radius 2 is 1.92 bits per heavy atom. The van der Waals surface area contributed by atoms with E-state index >= 15 is 0 Å². The van der Waals surface area contributed by atoms with Gasteiger partial charge in [-0.3, -0.25) is 4.79 Å². The maximum atomic E-state index is 12.0. The molecule has 0 atom stereocenters. The van der Waals surface area contributed by atoms with E-state index in [-0.39, 0.29) is 17.3 Å². The minimum Gasteiger partial charge on any atom is -0.497 e. The number of anilines is 1. The zero-order valence-electron chi connectivity index (χ0n) is 14.5. The Labute approximate surface area is 148 Å². The first kappa shape index (κ1) is 18.8. The van der Waals surface area contributed by atoms with Gasteiger partial charge in [-0.15, -0.1) is 0 Å². The molecule has 0 fully saturated rings. The van der Waals surface area contributed by atoms with Crippen LogP contribution < -0.4 is 15.4 Å². The van der Waals surface area contributed by atoms with Crippen molar-refractivity contribution in [3.63, 3.8) is 0 Å². The van der Waals surface area contributed by atoms with Gasteiger partial charge < -0.3 is 15.4 Å². The third-order valence-electron chi connectivity index (χ3n) is 3.70. The first-order valence-corrected chi connectivity index (χ1v) is 9.63. The Hall–Kier alpha value is -2.54. The Morgan fingerprint density at radius 3 is 2.60 bits per heavy atom. The fourth-order valence-electron chi connectivity index (χ4n) is 2.24. The van der Waals surface area contributed by atoms with Gasteiger partial charge in [0.1, 0.15) is 5.75 Å². The molecule has 0 bridgehead atoms. The predicted octanol–water partition coefficient (Wildman–Crippen LogP) is 2.14. The fraction of sp³-hybridized carbons (Fsp3) is 0.278. The highest BCUT2D eigenvalue weighted by atomic mass is 32.2. The minimum atomic E-state index is -3.29. The Kier molecular flexibility index (Phi) is 6.03. The van der Waals surface area contributed by atoms with Crippen molar-refractivity contribution < 1.29 is 17.9 Å². The number of benzene rings is 2. The lowest BCUT2D eigenvalue weighted by Crippen LogP contribution is -2.29. The van der Waals surface area contributed by atoms with E-state index in [0.717, 1.165) is 23.1 Å². The lowest BCUT2D eigenvalue weighted by molar-refractivity contribution is -0.119. The molecule has 1 amide bonds. The molecule has 7 heteroatoms. The smallest absolute Gasteiger partial charge is 0.239 e. The quantitative estimate of drug-likeness (QED) is 0.788. The van der Waals surface area contributed by atoms with Gasteiger partial charge in [-0.05, 0) is 42.3 Å². The number of aryl methyl sites for hydroxylation is 1. The standard InChI is InChI=1S/C18H22N2O4S/c1-13-7-8-16(25(3,22)23)10-17(13)19-12-18(21)20-11-14-5-4-6-15(9-14)24-2/h4-10,19H,11-12H2,1-3H3,(H,20,21). The van der Waals surface area contributed by atoms with E-state index in [4.69, 9.17) is 4.74 Å². The molecule has 2 rings (SSSR count). The van der Waals surface area contributed by atoms with E-state index < -0.39 is 9.84 Å². The lowest BCUT2D eigenvalue weighted by Gasteiger charge is -2.12. The monoisotopic (exact) mass is 362 g/mol. The number of rotatable bonds is 7. The molecule has 0 aliphatic carbocycles. The molecule has 0 aliphatic rings. The van der Waals surface area contributed by atoms with Gasteiger partial charge in [0, 0.05) is 18.5 Å². The first-order valence-electron chi connectivity index (χ1n) is 7.74. The molecule has 2 aromatic carbocycles. The summed E-state index contributed by atoms with van der Waals surface area (Å²) in [6.07, 6.45) is 1.16. The summed E-state index contributed by atoms with van der Waals surface area (Å²) in [6, 6.07) is 12.3. The van der Waals surface area contributed by atoms with Crippen LogP contribution in [-0.2, 0) is 21.2 Å². The van der Waals surface area contributed by atoms with Crippen molar-refractivity contribution in [3.8, 4) is 5.75 Å². The average molecular weight is 362 g/mol. The maximum absolute atomic E-state index is 12.0. The van der Waals surface area contributed by atoms with Crippen LogP contribution in [0.5, 0.6) is 5.75 Å². The summed E-state index contributed by atoms with van der Waals surface area (Å²) in [5.41, 5.74) is 2.43. The highest BCUT2D eigenvalue weighted by molar-refractivity contribution is 7.90. The van der Waals surface area contributed by atoms with Crippen molar-refractivity contribution >= 4 is 21.4 Å². The molecule has 2 aromatic rings. The molecule has 0 radical (unpaired) electrons. The molecular formula is C18H22N2O4S. The Bertz CT molecular complexity index is 863. The maximum Gasteiger partial charge on any atom is 0.239 e. The Balaban J connectivity index is 1.93. The van der Waals surface area contributed by atoms with E-state index in [1.54, 1.807) is 25.3 Å². The fourth-order valence-corrected chi connectivity index (χ4v) is 2.89. The number of sulfone groups is 1. The van der Waals surface area contributed by atoms with Gasteiger partial charge in [-0.25, -0.2) is 8.42 Å². The summed E-state index contributed by atoms with van der Waals surface area (Å²) in [7, 11) is -1.69. The van der Waals surface area contributed by atoms with Gasteiger partial charge in [-0.2, -0.15) is 0 Å². The first-order chi connectivity index (χ1) is 11.8. The van der Waals surface area contributed by atoms with Gasteiger partial charge >= 0.3 is 0 Å². The summed E-state index contributed by atoms with van der Waals surface area (Å²) in [5.74, 6) is 0.546. The zero-order valence-corrected chi connectivity index (χ0v) is 15.3. The number of hydrogen-bond donors (Lipinski definition) is 2. The second-order valence-electron chi connectivity index (χ2n) is 5.73. The summed E-state index contributed by atoms with van der Waals surface area (Å²) in [4.78, 5) is 12.2. The zero-order chi connectivity index (χ0) is 18.4. The normalized spacial score (nSPS) is 11.0. The summed E-state index contributed by atoms with van der Waals surface area (Å²) in [6.45, 7) is 2.29. The Morgan fingerprint density at radius 1 is 1.16 bits per heavy atom. The van der Waals surface area contributed by atoms with Crippen LogP contribution in [0.25, 0.3) is 0 Å². The number of nitrogens with one attached hydrogen (secondary N) is 2. The van der Waals surface area contributed by atoms with Crippen LogP contribution in [0.4, 0.5) is 5.69 Å². The molecule has 0 saturated carbocycles. The third kappa shape index (κ3) is 5.49. The van der Waals surface area contributed by atoms with Crippen LogP contribution in [0.15, 0.2) is 47.4 Å². The molecule has 0 heterocycles. The molecular weight excluding hydrogens is 340 g/mol. The van der Waals surface area contributed by atoms with E-state index in [2.05, 4.69) is 10.6 Å². The van der Waals surface area contributed by atoms with Crippen molar-refractivity contribution in [2.24, 2.45) is 0 Å². The van der Waals surface area contributed by atoms with Crippen molar-refractivity contribution in [1.82, 2.24) is 5.32 Å². The van der Waals surface area contributed by atoms with Crippen LogP contribution in [0, 0.1) is 6.92 Å². The van der Waals surface area contributed by atoms with Crippen LogP contribution in [0.3, 0.4) is 0 Å². The summed E-state index contributed by atoms with van der Waals surface area (Å²) < 4.78 is 28.4. The van der Waals surface area contributed by atoms with E-state index in [1.165, 1.54) is 0 Å². The predicted molar refractivity (Wildman–Crippen MR) is 97.6 cm³/mol. The molecule has 0 unspecified atom stereocenters. The van der Waals surface area contributed by atoms with Gasteiger partial charge in [-0.1, -0.05) is 18.2 Å². The summed E-state index contributed by atoms with van der Waals surface area (Å²) in [5, 5.41) is 5.79. The third-order valence-corrected chi connectivity index (χ3v) is 4.81. The SMILES string of the molecule is COc1cccc(CNC(=O)CNc2cc(S(C)(=O)=O)ccc2C)c1. The number of carbonyl (C=O) groups excluding carboxylic acids is 1. The summed E-state index contributed by atoms with van der Waals surface area (Å²) >= 11 is 0. The minimum absolute atomic E-state index is 0.0536. The van der Waals surface area contributed by atoms with E-state index in [1.807, 2.05) is 31.2 Å². The molecule has 2 N–H and O–H groups in total. The second kappa shape index (κ2) is 8.02.